The number of ketones is 1. The number of likely N-dealkylation sites (tertiary alicyclic amines) is 1. The minimum Gasteiger partial charge on any atom is -0.493 e. The summed E-state index contributed by atoms with van der Waals surface area (Å²) >= 11 is 0. The molecular formula is C22H28ClNO3. The third-order valence-corrected chi connectivity index (χ3v) is 7.97. The molecule has 1 aromatic rings. The van der Waals surface area contributed by atoms with Gasteiger partial charge in [-0.1, -0.05) is 13.0 Å². The zero-order chi connectivity index (χ0) is 17.6. The lowest BCUT2D eigenvalue weighted by atomic mass is 9.50. The van der Waals surface area contributed by atoms with Gasteiger partial charge in [-0.05, 0) is 62.1 Å². The molecule has 0 aromatic heterocycles. The first-order valence-corrected chi connectivity index (χ1v) is 10.3. The first-order valence-electron chi connectivity index (χ1n) is 10.3. The summed E-state index contributed by atoms with van der Waals surface area (Å²) in [6.07, 6.45) is 5.67. The van der Waals surface area contributed by atoms with Gasteiger partial charge in [0.2, 0.25) is 0 Å². The summed E-state index contributed by atoms with van der Waals surface area (Å²) in [6, 6.07) is 4.84. The number of ether oxygens (including phenoxy) is 2. The number of halogens is 1. The van der Waals surface area contributed by atoms with E-state index in [2.05, 4.69) is 17.9 Å². The molecule has 2 aliphatic heterocycles. The number of hydrogen-bond donors (Lipinski definition) is 0. The summed E-state index contributed by atoms with van der Waals surface area (Å²) in [4.78, 5) is 15.9. The number of hydrogen-bond acceptors (Lipinski definition) is 4. The summed E-state index contributed by atoms with van der Waals surface area (Å²) in [7, 11) is 1.70. The van der Waals surface area contributed by atoms with Crippen LogP contribution in [-0.4, -0.2) is 43.0 Å². The molecule has 4 nitrogen and oxygen atoms in total. The predicted molar refractivity (Wildman–Crippen MR) is 105 cm³/mol. The third kappa shape index (κ3) is 2.17. The van der Waals surface area contributed by atoms with Gasteiger partial charge in [0.15, 0.2) is 23.4 Å². The minimum atomic E-state index is -0.299. The fourth-order valence-electron chi connectivity index (χ4n) is 6.62. The van der Waals surface area contributed by atoms with Crippen LogP contribution in [0.2, 0.25) is 0 Å². The van der Waals surface area contributed by atoms with Crippen molar-refractivity contribution in [3.8, 4) is 11.5 Å². The van der Waals surface area contributed by atoms with Gasteiger partial charge in [-0.25, -0.2) is 0 Å². The number of rotatable bonds is 3. The van der Waals surface area contributed by atoms with E-state index in [4.69, 9.17) is 9.47 Å². The summed E-state index contributed by atoms with van der Waals surface area (Å²) < 4.78 is 12.0. The van der Waals surface area contributed by atoms with Gasteiger partial charge in [-0.15, -0.1) is 12.4 Å². The van der Waals surface area contributed by atoms with Gasteiger partial charge < -0.3 is 9.47 Å². The zero-order valence-electron chi connectivity index (χ0n) is 16.1. The van der Waals surface area contributed by atoms with E-state index in [0.717, 1.165) is 43.2 Å². The second-order valence-corrected chi connectivity index (χ2v) is 9.27. The largest absolute Gasteiger partial charge is 0.493 e. The molecule has 3 fully saturated rings. The van der Waals surface area contributed by atoms with Crippen molar-refractivity contribution in [2.24, 2.45) is 17.8 Å². The summed E-state index contributed by atoms with van der Waals surface area (Å²) in [5, 5.41) is 0. The van der Waals surface area contributed by atoms with Gasteiger partial charge in [0.25, 0.3) is 0 Å². The maximum atomic E-state index is 13.1. The van der Waals surface area contributed by atoms with Gasteiger partial charge in [0.05, 0.1) is 7.11 Å². The number of Topliss-reactive ketones (excluding diaryl/α,β-unsaturated/α-hetero) is 1. The average molecular weight is 390 g/mol. The number of benzene rings is 1. The predicted octanol–water partition coefficient (Wildman–Crippen LogP) is 3.38. The SMILES string of the molecule is COc1ccc2c3c1OC1C(=O)[C@@H](C)CC4C(C2)N(CC2CC2)CCC314.Cl. The van der Waals surface area contributed by atoms with Crippen LogP contribution in [0.25, 0.3) is 0 Å². The van der Waals surface area contributed by atoms with Crippen LogP contribution < -0.4 is 9.47 Å². The molecule has 5 heteroatoms. The fourth-order valence-corrected chi connectivity index (χ4v) is 6.62. The number of carbonyl (C=O) groups excluding carboxylic acids is 1. The molecular weight excluding hydrogens is 362 g/mol. The summed E-state index contributed by atoms with van der Waals surface area (Å²) in [6.45, 7) is 4.47. The van der Waals surface area contributed by atoms with E-state index in [1.807, 2.05) is 6.07 Å². The lowest BCUT2D eigenvalue weighted by Gasteiger charge is -2.58. The van der Waals surface area contributed by atoms with Crippen molar-refractivity contribution >= 4 is 18.2 Å². The molecule has 1 saturated heterocycles. The summed E-state index contributed by atoms with van der Waals surface area (Å²) in [5.74, 6) is 3.52. The Kier molecular flexibility index (Phi) is 3.87. The Balaban J connectivity index is 0.00000160. The molecule has 1 aromatic carbocycles. The Labute approximate surface area is 167 Å². The second-order valence-electron chi connectivity index (χ2n) is 9.27. The quantitative estimate of drug-likeness (QED) is 0.794. The lowest BCUT2D eigenvalue weighted by Crippen LogP contribution is -2.67. The molecule has 2 heterocycles. The van der Waals surface area contributed by atoms with Crippen LogP contribution >= 0.6 is 12.4 Å². The first kappa shape index (κ1) is 17.8. The Hall–Kier alpha value is -1.26. The van der Waals surface area contributed by atoms with E-state index in [0.29, 0.717) is 17.7 Å². The van der Waals surface area contributed by atoms with Crippen LogP contribution in [0, 0.1) is 17.8 Å². The molecule has 3 aliphatic carbocycles. The third-order valence-electron chi connectivity index (χ3n) is 7.97. The molecule has 1 spiro atoms. The van der Waals surface area contributed by atoms with Crippen molar-refractivity contribution in [3.05, 3.63) is 23.3 Å². The van der Waals surface area contributed by atoms with Crippen LogP contribution in [0.15, 0.2) is 12.1 Å². The van der Waals surface area contributed by atoms with E-state index in [1.54, 1.807) is 7.11 Å². The van der Waals surface area contributed by atoms with Crippen molar-refractivity contribution in [2.45, 2.75) is 56.6 Å². The monoisotopic (exact) mass is 389 g/mol. The van der Waals surface area contributed by atoms with Crippen molar-refractivity contribution < 1.29 is 14.3 Å². The molecule has 2 bridgehead atoms. The molecule has 0 radical (unpaired) electrons. The van der Waals surface area contributed by atoms with E-state index < -0.39 is 0 Å². The van der Waals surface area contributed by atoms with Crippen LogP contribution in [0.4, 0.5) is 0 Å². The molecule has 0 N–H and O–H groups in total. The van der Waals surface area contributed by atoms with Crippen LogP contribution in [0.3, 0.4) is 0 Å². The Morgan fingerprint density at radius 1 is 1.33 bits per heavy atom. The standard InChI is InChI=1S/C22H27NO3.ClH/c1-12-9-15-16-10-14-5-6-17(25-2)20-18(14)22(15,21(26-20)19(12)24)7-8-23(16)11-13-3-4-13;/h5-6,12-13,15-16,21H,3-4,7-11H2,1-2H3;1H/t12-,15?,16?,21?,22?;/m0./s1. The van der Waals surface area contributed by atoms with Crippen molar-refractivity contribution in [2.75, 3.05) is 20.2 Å². The lowest BCUT2D eigenvalue weighted by molar-refractivity contribution is -0.144. The molecule has 2 saturated carbocycles. The number of methoxy groups -OCH3 is 1. The zero-order valence-corrected chi connectivity index (χ0v) is 16.9. The van der Waals surface area contributed by atoms with Gasteiger partial charge >= 0.3 is 0 Å². The smallest absolute Gasteiger partial charge is 0.177 e. The molecule has 146 valence electrons. The topological polar surface area (TPSA) is 38.8 Å². The molecule has 4 unspecified atom stereocenters. The van der Waals surface area contributed by atoms with Gasteiger partial charge in [0, 0.05) is 29.5 Å². The molecule has 6 rings (SSSR count). The highest BCUT2D eigenvalue weighted by molar-refractivity contribution is 5.91. The fraction of sp³-hybridized carbons (Fsp3) is 0.682. The number of carbonyl (C=O) groups is 1. The van der Waals surface area contributed by atoms with Crippen LogP contribution in [-0.2, 0) is 16.6 Å². The number of piperidine rings is 1. The highest BCUT2D eigenvalue weighted by Crippen LogP contribution is 2.64. The van der Waals surface area contributed by atoms with Crippen molar-refractivity contribution in [1.29, 1.82) is 0 Å². The van der Waals surface area contributed by atoms with Gasteiger partial charge in [-0.3, -0.25) is 9.69 Å². The van der Waals surface area contributed by atoms with Crippen molar-refractivity contribution in [3.63, 3.8) is 0 Å². The molecule has 27 heavy (non-hydrogen) atoms. The molecule has 5 atom stereocenters. The highest BCUT2D eigenvalue weighted by atomic mass is 35.5. The van der Waals surface area contributed by atoms with E-state index in [9.17, 15) is 4.79 Å². The van der Waals surface area contributed by atoms with Crippen molar-refractivity contribution in [1.82, 2.24) is 4.90 Å². The first-order chi connectivity index (χ1) is 12.6. The van der Waals surface area contributed by atoms with E-state index in [-0.39, 0.29) is 29.8 Å². The van der Waals surface area contributed by atoms with E-state index >= 15 is 0 Å². The van der Waals surface area contributed by atoms with Crippen LogP contribution in [0.1, 0.15) is 43.7 Å². The van der Waals surface area contributed by atoms with Gasteiger partial charge in [-0.2, -0.15) is 0 Å². The maximum Gasteiger partial charge on any atom is 0.177 e. The van der Waals surface area contributed by atoms with Crippen LogP contribution in [0.5, 0.6) is 11.5 Å². The van der Waals surface area contributed by atoms with E-state index in [1.165, 1.54) is 30.5 Å². The number of nitrogens with zero attached hydrogens (tertiary/aromatic N) is 1. The normalized spacial score (nSPS) is 38.7. The highest BCUT2D eigenvalue weighted by Gasteiger charge is 2.67. The minimum absolute atomic E-state index is 0. The summed E-state index contributed by atoms with van der Waals surface area (Å²) in [5.41, 5.74) is 2.62. The molecule has 0 amide bonds. The van der Waals surface area contributed by atoms with Gasteiger partial charge in [0.1, 0.15) is 0 Å². The second kappa shape index (κ2) is 5.87. The molecule has 5 aliphatic rings. The Morgan fingerprint density at radius 3 is 2.89 bits per heavy atom. The Bertz CT molecular complexity index is 807. The maximum absolute atomic E-state index is 13.1. The Morgan fingerprint density at radius 2 is 2.15 bits per heavy atom. The average Bonchev–Trinajstić information content (AvgIpc) is 3.38.